The molecule has 1 atom stereocenters. The highest BCUT2D eigenvalue weighted by Crippen LogP contribution is 2.31. The van der Waals surface area contributed by atoms with E-state index in [1.54, 1.807) is 11.2 Å². The zero-order valence-electron chi connectivity index (χ0n) is 21.9. The van der Waals surface area contributed by atoms with Gasteiger partial charge in [0.2, 0.25) is 10.0 Å². The lowest BCUT2D eigenvalue weighted by Crippen LogP contribution is -2.49. The van der Waals surface area contributed by atoms with E-state index in [1.807, 2.05) is 45.2 Å². The number of sulfonamides is 1. The minimum atomic E-state index is -3.21. The van der Waals surface area contributed by atoms with Gasteiger partial charge < -0.3 is 14.7 Å². The summed E-state index contributed by atoms with van der Waals surface area (Å²) in [6.07, 6.45) is 1.99. The van der Waals surface area contributed by atoms with Crippen molar-refractivity contribution in [1.82, 2.24) is 23.9 Å². The summed E-state index contributed by atoms with van der Waals surface area (Å²) in [4.78, 5) is 30.9. The molecule has 0 spiro atoms. The van der Waals surface area contributed by atoms with Gasteiger partial charge in [0.1, 0.15) is 0 Å². The number of halogens is 1. The van der Waals surface area contributed by atoms with Crippen molar-refractivity contribution in [3.05, 3.63) is 72.9 Å². The van der Waals surface area contributed by atoms with E-state index >= 15 is 0 Å². The lowest BCUT2D eigenvalue weighted by atomic mass is 10.0. The first kappa shape index (κ1) is 27.6. The topological polar surface area (TPSA) is 107 Å². The minimum absolute atomic E-state index is 0.0526. The molecule has 11 heteroatoms. The Morgan fingerprint density at radius 3 is 2.43 bits per heavy atom. The number of fused-ring (bicyclic) bond motifs is 1. The van der Waals surface area contributed by atoms with Crippen LogP contribution in [0.3, 0.4) is 0 Å². The third kappa shape index (κ3) is 5.55. The van der Waals surface area contributed by atoms with Crippen molar-refractivity contribution < 1.29 is 13.2 Å². The molecule has 1 aliphatic heterocycles. The van der Waals surface area contributed by atoms with Crippen molar-refractivity contribution in [3.63, 3.8) is 0 Å². The van der Waals surface area contributed by atoms with Crippen LogP contribution >= 0.6 is 15.9 Å². The molecule has 37 heavy (non-hydrogen) atoms. The predicted octanol–water partition coefficient (Wildman–Crippen LogP) is 3.27. The van der Waals surface area contributed by atoms with E-state index in [4.69, 9.17) is 0 Å². The van der Waals surface area contributed by atoms with Crippen LogP contribution in [0.2, 0.25) is 0 Å². The highest BCUT2D eigenvalue weighted by Gasteiger charge is 2.30. The average Bonchev–Trinajstić information content (AvgIpc) is 3.22. The standard InChI is InChI=1S/C26H34BrN5O4S/c1-6-37(35,36)31-9-7-30(8-10-31)19(5)24-18(4)22(13-21-12-20(27)15-32(21)24)25(33)28-14-23-16(2)11-17(3)29-26(23)34/h11-13,15,19H,6-10,14H2,1-5H3,(H,28,33)(H,29,34). The largest absolute Gasteiger partial charge is 0.348 e. The number of hydrogen-bond acceptors (Lipinski definition) is 5. The fourth-order valence-electron chi connectivity index (χ4n) is 5.18. The third-order valence-electron chi connectivity index (χ3n) is 7.30. The van der Waals surface area contributed by atoms with Gasteiger partial charge in [-0.05, 0) is 79.9 Å². The second-order valence-electron chi connectivity index (χ2n) is 9.66. The van der Waals surface area contributed by atoms with E-state index in [0.29, 0.717) is 37.3 Å². The van der Waals surface area contributed by atoms with E-state index in [9.17, 15) is 18.0 Å². The number of aromatic amines is 1. The van der Waals surface area contributed by atoms with Crippen molar-refractivity contribution in [3.8, 4) is 0 Å². The van der Waals surface area contributed by atoms with Crippen molar-refractivity contribution >= 4 is 37.4 Å². The van der Waals surface area contributed by atoms with E-state index in [2.05, 4.69) is 42.5 Å². The number of carbonyl (C=O) groups is 1. The van der Waals surface area contributed by atoms with Crippen LogP contribution in [0.25, 0.3) is 5.52 Å². The van der Waals surface area contributed by atoms with Gasteiger partial charge in [0, 0.05) is 77.5 Å². The number of rotatable bonds is 7. The number of pyridine rings is 2. The molecule has 0 radical (unpaired) electrons. The Morgan fingerprint density at radius 1 is 1.14 bits per heavy atom. The molecule has 1 amide bonds. The molecule has 0 aliphatic carbocycles. The molecular formula is C26H34BrN5O4S. The smallest absolute Gasteiger partial charge is 0.253 e. The van der Waals surface area contributed by atoms with E-state index in [1.165, 1.54) is 0 Å². The monoisotopic (exact) mass is 591 g/mol. The van der Waals surface area contributed by atoms with Gasteiger partial charge in [0.15, 0.2) is 0 Å². The number of carbonyl (C=O) groups excluding carboxylic acids is 1. The first-order chi connectivity index (χ1) is 17.4. The van der Waals surface area contributed by atoms with E-state index < -0.39 is 10.0 Å². The van der Waals surface area contributed by atoms with Gasteiger partial charge in [-0.25, -0.2) is 8.42 Å². The number of aryl methyl sites for hydroxylation is 2. The molecular weight excluding hydrogens is 558 g/mol. The second-order valence-corrected chi connectivity index (χ2v) is 12.8. The summed E-state index contributed by atoms with van der Waals surface area (Å²) < 4.78 is 29.2. The molecule has 1 aliphatic rings. The summed E-state index contributed by atoms with van der Waals surface area (Å²) in [5.74, 6) is -0.144. The Kier molecular flexibility index (Phi) is 7.99. The molecule has 3 aromatic rings. The minimum Gasteiger partial charge on any atom is -0.348 e. The molecule has 4 heterocycles. The molecule has 1 unspecified atom stereocenters. The van der Waals surface area contributed by atoms with Crippen molar-refractivity contribution in [2.75, 3.05) is 31.9 Å². The molecule has 9 nitrogen and oxygen atoms in total. The highest BCUT2D eigenvalue weighted by molar-refractivity contribution is 9.10. The molecule has 1 saturated heterocycles. The number of amides is 1. The fraction of sp³-hybridized carbons (Fsp3) is 0.462. The van der Waals surface area contributed by atoms with Crippen molar-refractivity contribution in [2.45, 2.75) is 47.2 Å². The number of aromatic nitrogens is 2. The first-order valence-electron chi connectivity index (χ1n) is 12.4. The van der Waals surface area contributed by atoms with Crippen LogP contribution in [0.15, 0.2) is 33.7 Å². The molecule has 0 aromatic carbocycles. The van der Waals surface area contributed by atoms with Crippen LogP contribution in [-0.2, 0) is 16.6 Å². The molecule has 2 N–H and O–H groups in total. The van der Waals surface area contributed by atoms with Crippen LogP contribution in [0.1, 0.15) is 58.3 Å². The zero-order chi connectivity index (χ0) is 27.1. The Labute approximate surface area is 226 Å². The number of piperazine rings is 1. The second kappa shape index (κ2) is 10.7. The van der Waals surface area contributed by atoms with Crippen LogP contribution in [0, 0.1) is 20.8 Å². The quantitative estimate of drug-likeness (QED) is 0.438. The van der Waals surface area contributed by atoms with Crippen LogP contribution < -0.4 is 10.9 Å². The summed E-state index contributed by atoms with van der Waals surface area (Å²) in [7, 11) is -3.21. The Morgan fingerprint density at radius 2 is 1.81 bits per heavy atom. The maximum atomic E-state index is 13.4. The van der Waals surface area contributed by atoms with Gasteiger partial charge in [-0.2, -0.15) is 4.31 Å². The SMILES string of the molecule is CCS(=O)(=O)N1CCN(C(C)c2c(C)c(C(=O)NCc3c(C)cc(C)[nH]c3=O)cc3cc(Br)cn23)CC1. The summed E-state index contributed by atoms with van der Waals surface area (Å²) in [5, 5.41) is 2.94. The van der Waals surface area contributed by atoms with Crippen molar-refractivity contribution in [2.24, 2.45) is 0 Å². The first-order valence-corrected chi connectivity index (χ1v) is 14.8. The predicted molar refractivity (Wildman–Crippen MR) is 149 cm³/mol. The molecule has 0 bridgehead atoms. The van der Waals surface area contributed by atoms with E-state index in [0.717, 1.165) is 32.5 Å². The molecule has 200 valence electrons. The number of H-pyrrole nitrogens is 1. The highest BCUT2D eigenvalue weighted by atomic mass is 79.9. The Balaban J connectivity index is 1.63. The summed E-state index contributed by atoms with van der Waals surface area (Å²) in [6, 6.07) is 5.67. The fourth-order valence-corrected chi connectivity index (χ4v) is 6.70. The van der Waals surface area contributed by atoms with Crippen LogP contribution in [0.4, 0.5) is 0 Å². The Bertz CT molecular complexity index is 1500. The van der Waals surface area contributed by atoms with Gasteiger partial charge >= 0.3 is 0 Å². The van der Waals surface area contributed by atoms with Gasteiger partial charge in [-0.1, -0.05) is 0 Å². The number of hydrogen-bond donors (Lipinski definition) is 2. The lowest BCUT2D eigenvalue weighted by molar-refractivity contribution is 0.0949. The average molecular weight is 593 g/mol. The summed E-state index contributed by atoms with van der Waals surface area (Å²) in [5.41, 5.74) is 5.21. The molecule has 4 rings (SSSR count). The van der Waals surface area contributed by atoms with Crippen LogP contribution in [-0.4, -0.2) is 64.8 Å². The molecule has 0 saturated carbocycles. The van der Waals surface area contributed by atoms with Crippen LogP contribution in [0.5, 0.6) is 0 Å². The lowest BCUT2D eigenvalue weighted by Gasteiger charge is -2.38. The number of nitrogens with zero attached hydrogens (tertiary/aromatic N) is 3. The summed E-state index contributed by atoms with van der Waals surface area (Å²) >= 11 is 3.56. The van der Waals surface area contributed by atoms with Gasteiger partial charge in [-0.15, -0.1) is 0 Å². The number of nitrogens with one attached hydrogen (secondary N) is 2. The van der Waals surface area contributed by atoms with Crippen molar-refractivity contribution in [1.29, 1.82) is 0 Å². The summed E-state index contributed by atoms with van der Waals surface area (Å²) in [6.45, 7) is 11.6. The van der Waals surface area contributed by atoms with Gasteiger partial charge in [0.25, 0.3) is 11.5 Å². The zero-order valence-corrected chi connectivity index (χ0v) is 24.3. The third-order valence-corrected chi connectivity index (χ3v) is 9.61. The van der Waals surface area contributed by atoms with Gasteiger partial charge in [-0.3, -0.25) is 14.5 Å². The van der Waals surface area contributed by atoms with E-state index in [-0.39, 0.29) is 29.8 Å². The molecule has 1 fully saturated rings. The molecule has 3 aromatic heterocycles. The Hall–Kier alpha value is -2.47. The normalized spacial score (nSPS) is 16.3. The van der Waals surface area contributed by atoms with Gasteiger partial charge in [0.05, 0.1) is 5.75 Å². The maximum absolute atomic E-state index is 13.4. The maximum Gasteiger partial charge on any atom is 0.253 e.